The molecule has 0 spiro atoms. The number of nitrogens with one attached hydrogen (secondary N) is 2. The largest absolute Gasteiger partial charge is 0.399 e. The Bertz CT molecular complexity index is 960. The molecule has 61 heavy (non-hydrogen) atoms. The molecule has 4 unspecified atom stereocenters. The van der Waals surface area contributed by atoms with Gasteiger partial charge in [0.2, 0.25) is 0 Å². The van der Waals surface area contributed by atoms with Crippen molar-refractivity contribution in [3.05, 3.63) is 61.0 Å². The third-order valence-electron chi connectivity index (χ3n) is 8.70. The summed E-state index contributed by atoms with van der Waals surface area (Å²) in [6.45, 7) is 66.5. The minimum atomic E-state index is -0.509. The normalized spacial score (nSPS) is 12.1. The Labute approximate surface area is 388 Å². The van der Waals surface area contributed by atoms with E-state index in [0.717, 1.165) is 42.0 Å². The highest BCUT2D eigenvalue weighted by Crippen LogP contribution is 2.28. The molecular weight excluding hydrogens is 749 g/mol. The van der Waals surface area contributed by atoms with Gasteiger partial charge in [0, 0.05) is 31.0 Å². The van der Waals surface area contributed by atoms with Crippen molar-refractivity contribution in [3.8, 4) is 0 Å². The molecule has 0 rings (SSSR count). The highest BCUT2D eigenvalue weighted by atomic mass is 16.2. The van der Waals surface area contributed by atoms with Crippen molar-refractivity contribution in [1.29, 1.82) is 0 Å². The van der Waals surface area contributed by atoms with Crippen molar-refractivity contribution in [2.75, 3.05) is 41.8 Å². The maximum absolute atomic E-state index is 11.3. The molecule has 0 aliphatic rings. The number of allylic oxidation sites excluding steroid dienone is 3. The number of carbonyl (C=O) groups is 1. The summed E-state index contributed by atoms with van der Waals surface area (Å²) in [4.78, 5) is 15.5. The quantitative estimate of drug-likeness (QED) is 0.0812. The number of hydrogen-bond donors (Lipinski definition) is 4. The van der Waals surface area contributed by atoms with Crippen LogP contribution in [0.15, 0.2) is 61.0 Å². The van der Waals surface area contributed by atoms with Crippen molar-refractivity contribution in [1.82, 2.24) is 20.4 Å². The average molecular weight is 870 g/mol. The molecule has 7 nitrogen and oxygen atoms in total. The summed E-state index contributed by atoms with van der Waals surface area (Å²) >= 11 is 0. The number of likely N-dealkylation sites (N-methyl/N-ethyl adjacent to an activating group) is 1. The van der Waals surface area contributed by atoms with E-state index in [0.29, 0.717) is 23.6 Å². The average Bonchev–Trinajstić information content (AvgIpc) is 3.16. The number of hydrogen-bond acceptors (Lipinski definition) is 5. The molecule has 7 heteroatoms. The fraction of sp³-hybridized carbons (Fsp3) is 0.796. The molecular formula is C54H120N6O. The highest BCUT2D eigenvalue weighted by molar-refractivity contribution is 5.72. The van der Waals surface area contributed by atoms with E-state index in [-0.39, 0.29) is 11.5 Å². The van der Waals surface area contributed by atoms with Gasteiger partial charge in [-0.2, -0.15) is 0 Å². The van der Waals surface area contributed by atoms with E-state index >= 15 is 0 Å². The summed E-state index contributed by atoms with van der Waals surface area (Å²) in [7, 11) is 10.1. The van der Waals surface area contributed by atoms with Gasteiger partial charge in [-0.3, -0.25) is 0 Å². The second kappa shape index (κ2) is 53.6. The fourth-order valence-corrected chi connectivity index (χ4v) is 4.53. The number of primary amides is 1. The van der Waals surface area contributed by atoms with Crippen molar-refractivity contribution in [2.24, 2.45) is 46.5 Å². The lowest BCUT2D eigenvalue weighted by molar-refractivity contribution is 0.219. The summed E-state index contributed by atoms with van der Waals surface area (Å²) in [6, 6.07) is 0.00192. The van der Waals surface area contributed by atoms with Crippen LogP contribution in [-0.2, 0) is 0 Å². The summed E-state index contributed by atoms with van der Waals surface area (Å²) in [5.74, 6) is 3.76. The Kier molecular flexibility index (Phi) is 69.4. The van der Waals surface area contributed by atoms with Crippen LogP contribution in [0.25, 0.3) is 0 Å². The first-order valence-electron chi connectivity index (χ1n) is 24.0. The number of amides is 2. The second-order valence-corrected chi connectivity index (χ2v) is 18.4. The van der Waals surface area contributed by atoms with Crippen LogP contribution < -0.4 is 22.1 Å². The van der Waals surface area contributed by atoms with Crippen LogP contribution in [0.5, 0.6) is 0 Å². The van der Waals surface area contributed by atoms with Crippen LogP contribution in [-0.4, -0.2) is 69.7 Å². The van der Waals surface area contributed by atoms with E-state index in [1.807, 2.05) is 88.6 Å². The molecule has 0 aromatic carbocycles. The van der Waals surface area contributed by atoms with Crippen LogP contribution >= 0.6 is 0 Å². The summed E-state index contributed by atoms with van der Waals surface area (Å²) in [5.41, 5.74) is 15.2. The SMILES string of the molecule is C=C(C)C(=C)N.C=C(C)C(C)[C@@H](CC)CCCN(C)C(=C)C(NC(N)=O)C(C)(C)C.C=C(C)CCC(C)C.CC.CC.CC.CC(C)C.CCC(C)CC(C)NC.CN(C)C. The van der Waals surface area contributed by atoms with Crippen LogP contribution in [0.4, 0.5) is 4.79 Å². The molecule has 0 aromatic heterocycles. The van der Waals surface area contributed by atoms with E-state index in [9.17, 15) is 4.79 Å². The zero-order valence-electron chi connectivity index (χ0n) is 47.2. The lowest BCUT2D eigenvalue weighted by Crippen LogP contribution is -2.50. The summed E-state index contributed by atoms with van der Waals surface area (Å²) in [5, 5.41) is 6.06. The maximum Gasteiger partial charge on any atom is 0.312 e. The summed E-state index contributed by atoms with van der Waals surface area (Å²) in [6.07, 6.45) is 8.52. The number of carbonyl (C=O) groups excluding carboxylic acids is 1. The van der Waals surface area contributed by atoms with Crippen LogP contribution in [0.1, 0.15) is 197 Å². The fourth-order valence-electron chi connectivity index (χ4n) is 4.53. The van der Waals surface area contributed by atoms with Crippen LogP contribution in [0.3, 0.4) is 0 Å². The standard InChI is InChI=1S/C20H39N3O.C8H19N.C8H16.C5H9N.C4H10.C3H9N.3C2H6/c1-10-17(15(4)14(2)3)12-11-13-23(9)16(5)18(20(6,7)8)22-19(21)24;1-5-7(2)6-8(3)9-4;1-7(2)5-6-8(3)4;1-4(2)5(3)6;2*1-4(2)3;3*1-2/h15,17-18H,2,5,10-13H2,1,3-4,6-9H3,(H3,21,22,24);7-9H,5-6H2,1-4H3;8H,1,5-6H2,2-4H3;1,3,6H2,2H3;4H,1-3H3;1-3H3;3*1-2H3/t15?,17-,18?;;;;;;;;/m0......../s1. The van der Waals surface area contributed by atoms with E-state index in [1.165, 1.54) is 49.7 Å². The van der Waals surface area contributed by atoms with Gasteiger partial charge in [0.15, 0.2) is 0 Å². The second-order valence-electron chi connectivity index (χ2n) is 18.4. The Balaban J connectivity index is -0.0000000858. The van der Waals surface area contributed by atoms with Crippen LogP contribution in [0.2, 0.25) is 0 Å². The van der Waals surface area contributed by atoms with Gasteiger partial charge in [-0.25, -0.2) is 4.79 Å². The molecule has 0 saturated heterocycles. The number of urea groups is 1. The third kappa shape index (κ3) is 75.3. The number of nitrogens with two attached hydrogens (primary N) is 2. The smallest absolute Gasteiger partial charge is 0.312 e. The maximum atomic E-state index is 11.3. The van der Waals surface area contributed by atoms with Crippen molar-refractivity contribution in [3.63, 3.8) is 0 Å². The van der Waals surface area contributed by atoms with Crippen LogP contribution in [0, 0.1) is 35.0 Å². The molecule has 5 atom stereocenters. The predicted molar refractivity (Wildman–Crippen MR) is 289 cm³/mol. The highest BCUT2D eigenvalue weighted by Gasteiger charge is 2.30. The number of nitrogens with zero attached hydrogens (tertiary/aromatic N) is 2. The first kappa shape index (κ1) is 78.9. The monoisotopic (exact) mass is 869 g/mol. The van der Waals surface area contributed by atoms with Gasteiger partial charge in [0.25, 0.3) is 0 Å². The van der Waals surface area contributed by atoms with Gasteiger partial charge < -0.3 is 31.9 Å². The Hall–Kier alpha value is -2.51. The predicted octanol–water partition coefficient (Wildman–Crippen LogP) is 15.5. The van der Waals surface area contributed by atoms with Crippen molar-refractivity contribution in [2.45, 2.75) is 209 Å². The molecule has 372 valence electrons. The van der Waals surface area contributed by atoms with E-state index < -0.39 is 6.03 Å². The lowest BCUT2D eigenvalue weighted by atomic mass is 9.83. The summed E-state index contributed by atoms with van der Waals surface area (Å²) < 4.78 is 0. The Morgan fingerprint density at radius 3 is 1.31 bits per heavy atom. The van der Waals surface area contributed by atoms with Gasteiger partial charge in [-0.1, -0.05) is 175 Å². The molecule has 2 amide bonds. The van der Waals surface area contributed by atoms with Gasteiger partial charge in [0.1, 0.15) is 0 Å². The molecule has 6 N–H and O–H groups in total. The van der Waals surface area contributed by atoms with Gasteiger partial charge in [-0.05, 0) is 129 Å². The Morgan fingerprint density at radius 1 is 0.721 bits per heavy atom. The van der Waals surface area contributed by atoms with E-state index in [4.69, 9.17) is 11.5 Å². The molecule has 0 heterocycles. The molecule has 0 aliphatic heterocycles. The first-order chi connectivity index (χ1) is 27.8. The van der Waals surface area contributed by atoms with Gasteiger partial charge >= 0.3 is 6.03 Å². The molecule has 0 saturated carbocycles. The van der Waals surface area contributed by atoms with Gasteiger partial charge in [0.05, 0.1) is 6.04 Å². The minimum absolute atomic E-state index is 0.138. The molecule has 0 bridgehead atoms. The third-order valence-corrected chi connectivity index (χ3v) is 8.70. The molecule has 0 radical (unpaired) electrons. The lowest BCUT2D eigenvalue weighted by Gasteiger charge is -2.37. The molecule has 0 aliphatic carbocycles. The molecule has 0 fully saturated rings. The number of rotatable bonds is 18. The van der Waals surface area contributed by atoms with Gasteiger partial charge in [-0.15, -0.1) is 6.58 Å². The molecule has 0 aromatic rings. The topological polar surface area (TPSA) is 99.6 Å². The van der Waals surface area contributed by atoms with E-state index in [1.54, 1.807) is 0 Å². The van der Waals surface area contributed by atoms with E-state index in [2.05, 4.69) is 152 Å². The van der Waals surface area contributed by atoms with Crippen molar-refractivity contribution >= 4 is 6.03 Å². The zero-order valence-corrected chi connectivity index (χ0v) is 47.2. The van der Waals surface area contributed by atoms with Crippen molar-refractivity contribution < 1.29 is 4.79 Å². The first-order valence-corrected chi connectivity index (χ1v) is 24.0. The zero-order chi connectivity index (χ0) is 51.2. The Morgan fingerprint density at radius 2 is 1.10 bits per heavy atom. The minimum Gasteiger partial charge on any atom is -0.399 e.